The number of hydrogen-bond donors (Lipinski definition) is 2. The van der Waals surface area contributed by atoms with Crippen molar-refractivity contribution in [1.29, 1.82) is 0 Å². The molecule has 0 bridgehead atoms. The van der Waals surface area contributed by atoms with Crippen molar-refractivity contribution in [2.24, 2.45) is 0 Å². The van der Waals surface area contributed by atoms with Crippen LogP contribution >= 0.6 is 0 Å². The fourth-order valence-electron chi connectivity index (χ4n) is 3.58. The molecule has 0 saturated heterocycles. The first-order chi connectivity index (χ1) is 17.0. The summed E-state index contributed by atoms with van der Waals surface area (Å²) in [6.07, 6.45) is -4.95. The zero-order chi connectivity index (χ0) is 26.1. The Bertz CT molecular complexity index is 1470. The minimum atomic E-state index is -4.95. The fraction of sp³-hybridized carbons (Fsp3) is 0.0833. The molecule has 1 amide bonds. The quantitative estimate of drug-likeness (QED) is 0.384. The number of benzene rings is 3. The number of carbonyl (C=O) groups is 2. The molecule has 3 aromatic rings. The molecule has 8 nitrogen and oxygen atoms in total. The van der Waals surface area contributed by atoms with Gasteiger partial charge < -0.3 is 15.2 Å². The van der Waals surface area contributed by atoms with Crippen molar-refractivity contribution >= 4 is 33.2 Å². The van der Waals surface area contributed by atoms with E-state index in [4.69, 9.17) is 0 Å². The highest BCUT2D eigenvalue weighted by Gasteiger charge is 2.42. The summed E-state index contributed by atoms with van der Waals surface area (Å²) in [5, 5.41) is 13.2. The number of nitrogens with one attached hydrogen (secondary N) is 1. The summed E-state index contributed by atoms with van der Waals surface area (Å²) in [6, 6.07) is 17.4. The third-order valence-corrected chi connectivity index (χ3v) is 6.88. The number of fused-ring (bicyclic) bond motifs is 1. The van der Waals surface area contributed by atoms with Gasteiger partial charge in [0.2, 0.25) is 11.7 Å². The largest absolute Gasteiger partial charge is 0.573 e. The third kappa shape index (κ3) is 5.03. The number of ether oxygens (including phenoxy) is 1. The number of aliphatic hydroxyl groups is 1. The Morgan fingerprint density at radius 1 is 0.972 bits per heavy atom. The maximum atomic E-state index is 13.4. The molecule has 12 heteroatoms. The Morgan fingerprint density at radius 3 is 2.33 bits per heavy atom. The smallest absolute Gasteiger partial charge is 0.505 e. The summed E-state index contributed by atoms with van der Waals surface area (Å²) >= 11 is 0. The van der Waals surface area contributed by atoms with E-state index < -0.39 is 51.8 Å². The maximum Gasteiger partial charge on any atom is 0.573 e. The van der Waals surface area contributed by atoms with Crippen molar-refractivity contribution in [3.63, 3.8) is 0 Å². The lowest BCUT2D eigenvalue weighted by atomic mass is 10.0. The van der Waals surface area contributed by atoms with E-state index in [1.807, 2.05) is 0 Å². The van der Waals surface area contributed by atoms with Crippen LogP contribution in [0.25, 0.3) is 5.76 Å². The fourth-order valence-corrected chi connectivity index (χ4v) is 5.21. The lowest BCUT2D eigenvalue weighted by Crippen LogP contribution is -2.43. The molecule has 1 aliphatic heterocycles. The van der Waals surface area contributed by atoms with Gasteiger partial charge in [-0.15, -0.1) is 13.2 Å². The molecule has 0 atom stereocenters. The summed E-state index contributed by atoms with van der Waals surface area (Å²) in [5.74, 6) is -3.06. The van der Waals surface area contributed by atoms with Crippen molar-refractivity contribution in [1.82, 2.24) is 4.31 Å². The number of halogens is 3. The molecule has 186 valence electrons. The summed E-state index contributed by atoms with van der Waals surface area (Å²) in [7, 11) is -4.48. The SMILES string of the molecule is O=C(CN1C(=C(O)c2ccccc2)C(=O)c2ccccc2S1(=O)=O)Nc1cccc(OC(F)(F)F)c1. The summed E-state index contributed by atoms with van der Waals surface area (Å²) in [4.78, 5) is 25.7. The molecule has 0 spiro atoms. The van der Waals surface area contributed by atoms with Crippen LogP contribution in [0.1, 0.15) is 15.9 Å². The number of hydrogen-bond acceptors (Lipinski definition) is 6. The Hall–Kier alpha value is -4.32. The molecule has 0 radical (unpaired) electrons. The Kier molecular flexibility index (Phi) is 6.46. The highest BCUT2D eigenvalue weighted by molar-refractivity contribution is 7.89. The number of allylic oxidation sites excluding steroid dienone is 1. The van der Waals surface area contributed by atoms with Crippen molar-refractivity contribution < 1.29 is 41.0 Å². The Morgan fingerprint density at radius 2 is 1.64 bits per heavy atom. The van der Waals surface area contributed by atoms with Gasteiger partial charge in [-0.25, -0.2) is 12.7 Å². The highest BCUT2D eigenvalue weighted by atomic mass is 32.2. The van der Waals surface area contributed by atoms with Crippen LogP contribution in [-0.2, 0) is 14.8 Å². The maximum absolute atomic E-state index is 13.4. The molecule has 0 aromatic heterocycles. The molecule has 2 N–H and O–H groups in total. The number of nitrogens with zero attached hydrogens (tertiary/aromatic N) is 1. The number of Topliss-reactive ketones (excluding diaryl/α,β-unsaturated/α-hetero) is 1. The minimum absolute atomic E-state index is 0.110. The van der Waals surface area contributed by atoms with E-state index in [0.717, 1.165) is 12.1 Å². The zero-order valence-corrected chi connectivity index (χ0v) is 19.0. The monoisotopic (exact) mass is 518 g/mol. The second kappa shape index (κ2) is 9.38. The molecule has 4 rings (SSSR count). The number of anilines is 1. The lowest BCUT2D eigenvalue weighted by molar-refractivity contribution is -0.274. The van der Waals surface area contributed by atoms with Crippen LogP contribution in [0.4, 0.5) is 18.9 Å². The predicted molar refractivity (Wildman–Crippen MR) is 122 cm³/mol. The number of carbonyl (C=O) groups excluding carboxylic acids is 2. The van der Waals surface area contributed by atoms with Gasteiger partial charge in [-0.2, -0.15) is 0 Å². The molecule has 1 heterocycles. The molecular weight excluding hydrogens is 501 g/mol. The van der Waals surface area contributed by atoms with Crippen molar-refractivity contribution in [2.75, 3.05) is 11.9 Å². The zero-order valence-electron chi connectivity index (χ0n) is 18.2. The molecule has 1 aliphatic rings. The van der Waals surface area contributed by atoms with E-state index in [1.54, 1.807) is 18.2 Å². The van der Waals surface area contributed by atoms with Crippen LogP contribution < -0.4 is 10.1 Å². The van der Waals surface area contributed by atoms with Crippen LogP contribution in [0.15, 0.2) is 89.5 Å². The van der Waals surface area contributed by atoms with Gasteiger partial charge in [-0.1, -0.05) is 48.5 Å². The standard InChI is InChI=1S/C24H17F3N2O6S/c25-24(26,27)35-17-10-6-9-16(13-17)28-20(30)14-29-21(22(31)15-7-2-1-3-8-15)23(32)18-11-4-5-12-19(18)36(29,33)34/h1-13,31H,14H2,(H,28,30). The molecular formula is C24H17F3N2O6S. The van der Waals surface area contributed by atoms with Crippen LogP contribution in [0.5, 0.6) is 5.75 Å². The predicted octanol–water partition coefficient (Wildman–Crippen LogP) is 4.34. The number of ketones is 1. The average Bonchev–Trinajstić information content (AvgIpc) is 2.82. The molecule has 0 saturated carbocycles. The topological polar surface area (TPSA) is 113 Å². The van der Waals surface area contributed by atoms with Gasteiger partial charge in [-0.3, -0.25) is 9.59 Å². The number of rotatable bonds is 5. The van der Waals surface area contributed by atoms with Crippen molar-refractivity contribution in [3.05, 3.63) is 95.7 Å². The minimum Gasteiger partial charge on any atom is -0.505 e. The van der Waals surface area contributed by atoms with Gasteiger partial charge in [0.25, 0.3) is 10.0 Å². The number of alkyl halides is 3. The lowest BCUT2D eigenvalue weighted by Gasteiger charge is -2.31. The molecule has 0 aliphatic carbocycles. The number of amides is 1. The van der Waals surface area contributed by atoms with Crippen LogP contribution in [-0.4, -0.2) is 42.4 Å². The molecule has 0 unspecified atom stereocenters. The third-order valence-electron chi connectivity index (χ3n) is 5.07. The van der Waals surface area contributed by atoms with E-state index in [2.05, 4.69) is 10.1 Å². The average molecular weight is 518 g/mol. The summed E-state index contributed by atoms with van der Waals surface area (Å²) in [6.45, 7) is -0.945. The van der Waals surface area contributed by atoms with E-state index in [9.17, 15) is 36.3 Å². The summed E-state index contributed by atoms with van der Waals surface area (Å²) in [5.41, 5.74) is -0.786. The molecule has 3 aromatic carbocycles. The van der Waals surface area contributed by atoms with Gasteiger partial charge in [0.1, 0.15) is 18.0 Å². The van der Waals surface area contributed by atoms with E-state index in [1.165, 1.54) is 48.5 Å². The van der Waals surface area contributed by atoms with Crippen molar-refractivity contribution in [2.45, 2.75) is 11.3 Å². The Balaban J connectivity index is 1.72. The van der Waals surface area contributed by atoms with E-state index >= 15 is 0 Å². The highest BCUT2D eigenvalue weighted by Crippen LogP contribution is 2.35. The second-order valence-corrected chi connectivity index (χ2v) is 9.35. The van der Waals surface area contributed by atoms with Crippen LogP contribution in [0.2, 0.25) is 0 Å². The van der Waals surface area contributed by atoms with E-state index in [-0.39, 0.29) is 21.7 Å². The number of sulfonamides is 1. The molecule has 36 heavy (non-hydrogen) atoms. The molecule has 0 fully saturated rings. The van der Waals surface area contributed by atoms with Crippen LogP contribution in [0.3, 0.4) is 0 Å². The van der Waals surface area contributed by atoms with Crippen LogP contribution in [0, 0.1) is 0 Å². The van der Waals surface area contributed by atoms with Gasteiger partial charge in [0.05, 0.1) is 4.90 Å². The first kappa shape index (κ1) is 24.8. The normalized spacial score (nSPS) is 16.2. The number of aliphatic hydroxyl groups excluding tert-OH is 1. The van der Waals surface area contributed by atoms with Gasteiger partial charge in [0, 0.05) is 22.9 Å². The Labute approximate surface area is 203 Å². The van der Waals surface area contributed by atoms with E-state index in [0.29, 0.717) is 4.31 Å². The summed E-state index contributed by atoms with van der Waals surface area (Å²) < 4.78 is 68.6. The second-order valence-electron chi connectivity index (χ2n) is 7.52. The van der Waals surface area contributed by atoms with Crippen molar-refractivity contribution in [3.8, 4) is 5.75 Å². The first-order valence-electron chi connectivity index (χ1n) is 10.3. The van der Waals surface area contributed by atoms with Gasteiger partial charge >= 0.3 is 6.36 Å². The van der Waals surface area contributed by atoms with Gasteiger partial charge in [0.15, 0.2) is 5.76 Å². The van der Waals surface area contributed by atoms with Gasteiger partial charge in [-0.05, 0) is 24.3 Å². The first-order valence-corrected chi connectivity index (χ1v) is 11.7.